The molecule has 2 aromatic heterocycles. The average molecular weight is 330 g/mol. The lowest BCUT2D eigenvalue weighted by Crippen LogP contribution is -2.29. The minimum absolute atomic E-state index is 0.198. The number of benzene rings is 1. The number of rotatable bonds is 5. The van der Waals surface area contributed by atoms with Gasteiger partial charge in [-0.05, 0) is 18.6 Å². The number of fused-ring (bicyclic) bond motifs is 2. The molecule has 3 rings (SSSR count). The van der Waals surface area contributed by atoms with Gasteiger partial charge in [-0.2, -0.15) is 0 Å². The van der Waals surface area contributed by atoms with Gasteiger partial charge in [0.1, 0.15) is 16.0 Å². The van der Waals surface area contributed by atoms with E-state index in [4.69, 9.17) is 4.74 Å². The van der Waals surface area contributed by atoms with Crippen LogP contribution in [0.15, 0.2) is 33.9 Å². The lowest BCUT2D eigenvalue weighted by molar-refractivity contribution is 0.189. The molecule has 0 bridgehead atoms. The maximum absolute atomic E-state index is 12.9. The maximum atomic E-state index is 12.9. The van der Waals surface area contributed by atoms with Gasteiger partial charge in [0, 0.05) is 36.8 Å². The van der Waals surface area contributed by atoms with Crippen molar-refractivity contribution in [1.29, 1.82) is 0 Å². The summed E-state index contributed by atoms with van der Waals surface area (Å²) in [6, 6.07) is 7.35. The Morgan fingerprint density at radius 3 is 2.78 bits per heavy atom. The Balaban J connectivity index is 2.31. The highest BCUT2D eigenvalue weighted by molar-refractivity contribution is 7.24. The van der Waals surface area contributed by atoms with Crippen molar-refractivity contribution in [1.82, 2.24) is 9.55 Å². The first kappa shape index (κ1) is 15.8. The number of aryl methyl sites for hydroxylation is 1. The maximum Gasteiger partial charge on any atom is 0.266 e. The molecule has 0 radical (unpaired) electrons. The van der Waals surface area contributed by atoms with Crippen molar-refractivity contribution in [3.8, 4) is 0 Å². The molecule has 1 aromatic carbocycles. The summed E-state index contributed by atoms with van der Waals surface area (Å²) in [4.78, 5) is 30.7. The van der Waals surface area contributed by atoms with Gasteiger partial charge in [-0.3, -0.25) is 14.2 Å². The van der Waals surface area contributed by atoms with Crippen LogP contribution in [-0.4, -0.2) is 23.3 Å². The van der Waals surface area contributed by atoms with Gasteiger partial charge < -0.3 is 4.74 Å². The molecule has 2 heterocycles. The summed E-state index contributed by atoms with van der Waals surface area (Å²) >= 11 is 1.40. The van der Waals surface area contributed by atoms with E-state index in [0.29, 0.717) is 42.0 Å². The average Bonchev–Trinajstić information content (AvgIpc) is 2.56. The molecule has 0 saturated heterocycles. The first-order valence-corrected chi connectivity index (χ1v) is 8.43. The summed E-state index contributed by atoms with van der Waals surface area (Å²) in [6.45, 7) is 3.04. The third-order valence-electron chi connectivity index (χ3n) is 3.83. The van der Waals surface area contributed by atoms with Gasteiger partial charge in [0.05, 0.1) is 0 Å². The lowest BCUT2D eigenvalue weighted by Gasteiger charge is -2.12. The van der Waals surface area contributed by atoms with Crippen LogP contribution < -0.4 is 11.0 Å². The Hall–Kier alpha value is -2.05. The molecule has 0 aliphatic rings. The number of hydrogen-bond acceptors (Lipinski definition) is 5. The van der Waals surface area contributed by atoms with Crippen LogP contribution in [-0.2, 0) is 17.7 Å². The monoisotopic (exact) mass is 330 g/mol. The highest BCUT2D eigenvalue weighted by Crippen LogP contribution is 2.21. The van der Waals surface area contributed by atoms with Gasteiger partial charge in [-0.1, -0.05) is 19.1 Å². The quantitative estimate of drug-likeness (QED) is 0.533. The molecule has 120 valence electrons. The normalized spacial score (nSPS) is 11.4. The minimum atomic E-state index is -0.241. The van der Waals surface area contributed by atoms with Gasteiger partial charge >= 0.3 is 0 Å². The first-order chi connectivity index (χ1) is 11.2. The standard InChI is InChI=1S/C17H18N2O3S/c1-3-13-18-16-14(17(21)19(13)9-6-10-22-2)15(20)11-7-4-5-8-12(11)23-16/h4-5,7-8H,3,6,9-10H2,1-2H3. The summed E-state index contributed by atoms with van der Waals surface area (Å²) in [5.41, 5.74) is -0.468. The van der Waals surface area contributed by atoms with E-state index < -0.39 is 0 Å². The van der Waals surface area contributed by atoms with E-state index in [9.17, 15) is 9.59 Å². The number of hydrogen-bond donors (Lipinski definition) is 0. The van der Waals surface area contributed by atoms with Crippen molar-refractivity contribution < 1.29 is 4.74 Å². The number of nitrogens with zero attached hydrogens (tertiary/aromatic N) is 2. The third kappa shape index (κ3) is 2.80. The fourth-order valence-electron chi connectivity index (χ4n) is 2.69. The molecule has 5 nitrogen and oxygen atoms in total. The zero-order chi connectivity index (χ0) is 16.4. The second kappa shape index (κ2) is 6.60. The van der Waals surface area contributed by atoms with Crippen molar-refractivity contribution in [3.05, 3.63) is 50.7 Å². The van der Waals surface area contributed by atoms with Crippen molar-refractivity contribution in [2.24, 2.45) is 0 Å². The molecule has 6 heteroatoms. The molecular formula is C17H18N2O3S. The van der Waals surface area contributed by atoms with Crippen LogP contribution in [0.5, 0.6) is 0 Å². The van der Waals surface area contributed by atoms with Gasteiger partial charge in [0.25, 0.3) is 5.56 Å². The minimum Gasteiger partial charge on any atom is -0.385 e. The molecular weight excluding hydrogens is 312 g/mol. The number of methoxy groups -OCH3 is 1. The largest absolute Gasteiger partial charge is 0.385 e. The van der Waals surface area contributed by atoms with E-state index in [0.717, 1.165) is 4.70 Å². The zero-order valence-electron chi connectivity index (χ0n) is 13.2. The molecule has 0 unspecified atom stereocenters. The fourth-order valence-corrected chi connectivity index (χ4v) is 3.75. The molecule has 0 fully saturated rings. The van der Waals surface area contributed by atoms with Gasteiger partial charge in [0.2, 0.25) is 5.43 Å². The summed E-state index contributed by atoms with van der Waals surface area (Å²) in [7, 11) is 1.63. The topological polar surface area (TPSA) is 61.2 Å². The van der Waals surface area contributed by atoms with Crippen LogP contribution in [0.1, 0.15) is 19.2 Å². The van der Waals surface area contributed by atoms with E-state index >= 15 is 0 Å². The van der Waals surface area contributed by atoms with E-state index in [1.165, 1.54) is 11.3 Å². The summed E-state index contributed by atoms with van der Waals surface area (Å²) in [5.74, 6) is 0.713. The van der Waals surface area contributed by atoms with Crippen molar-refractivity contribution in [2.45, 2.75) is 26.3 Å². The Kier molecular flexibility index (Phi) is 4.54. The van der Waals surface area contributed by atoms with Crippen molar-refractivity contribution >= 4 is 31.6 Å². The highest BCUT2D eigenvalue weighted by atomic mass is 32.1. The van der Waals surface area contributed by atoms with Crippen LogP contribution in [0.2, 0.25) is 0 Å². The molecule has 3 aromatic rings. The smallest absolute Gasteiger partial charge is 0.266 e. The summed E-state index contributed by atoms with van der Waals surface area (Å²) in [6.07, 6.45) is 1.35. The molecule has 0 atom stereocenters. The lowest BCUT2D eigenvalue weighted by atomic mass is 10.2. The predicted molar refractivity (Wildman–Crippen MR) is 93.5 cm³/mol. The second-order valence-corrected chi connectivity index (χ2v) is 6.32. The first-order valence-electron chi connectivity index (χ1n) is 7.61. The van der Waals surface area contributed by atoms with Gasteiger partial charge in [0.15, 0.2) is 0 Å². The highest BCUT2D eigenvalue weighted by Gasteiger charge is 2.15. The summed E-state index contributed by atoms with van der Waals surface area (Å²) < 4.78 is 7.52. The molecule has 0 spiro atoms. The van der Waals surface area contributed by atoms with E-state index in [1.54, 1.807) is 17.7 Å². The van der Waals surface area contributed by atoms with E-state index in [2.05, 4.69) is 4.98 Å². The fraction of sp³-hybridized carbons (Fsp3) is 0.353. The van der Waals surface area contributed by atoms with Crippen molar-refractivity contribution in [2.75, 3.05) is 13.7 Å². The third-order valence-corrected chi connectivity index (χ3v) is 4.89. The Morgan fingerprint density at radius 1 is 1.26 bits per heavy atom. The van der Waals surface area contributed by atoms with Crippen LogP contribution in [0.25, 0.3) is 20.3 Å². The molecule has 0 saturated carbocycles. The van der Waals surface area contributed by atoms with Crippen LogP contribution >= 0.6 is 11.3 Å². The van der Waals surface area contributed by atoms with E-state index in [-0.39, 0.29) is 16.4 Å². The van der Waals surface area contributed by atoms with Crippen LogP contribution in [0.3, 0.4) is 0 Å². The van der Waals surface area contributed by atoms with E-state index in [1.807, 2.05) is 25.1 Å². The predicted octanol–water partition coefficient (Wildman–Crippen LogP) is 2.57. The second-order valence-electron chi connectivity index (χ2n) is 5.29. The molecule has 0 aliphatic carbocycles. The zero-order valence-corrected chi connectivity index (χ0v) is 14.0. The van der Waals surface area contributed by atoms with Gasteiger partial charge in [-0.15, -0.1) is 11.3 Å². The Bertz CT molecular complexity index is 975. The molecule has 0 amide bonds. The van der Waals surface area contributed by atoms with Crippen molar-refractivity contribution in [3.63, 3.8) is 0 Å². The number of ether oxygens (including phenoxy) is 1. The number of aromatic nitrogens is 2. The molecule has 0 aliphatic heterocycles. The SMILES string of the molecule is CCc1nc2sc3ccccc3c(=O)c2c(=O)n1CCCOC. The van der Waals surface area contributed by atoms with Crippen LogP contribution in [0, 0.1) is 0 Å². The summed E-state index contributed by atoms with van der Waals surface area (Å²) in [5, 5.41) is 0.778. The Morgan fingerprint density at radius 2 is 2.04 bits per heavy atom. The molecule has 0 N–H and O–H groups in total. The van der Waals surface area contributed by atoms with Gasteiger partial charge in [-0.25, -0.2) is 4.98 Å². The Labute approximate surface area is 137 Å². The van der Waals surface area contributed by atoms with Crippen LogP contribution in [0.4, 0.5) is 0 Å². The molecule has 23 heavy (non-hydrogen) atoms.